The van der Waals surface area contributed by atoms with E-state index in [0.717, 1.165) is 19.3 Å². The molecule has 0 aromatic carbocycles. The first-order chi connectivity index (χ1) is 8.86. The van der Waals surface area contributed by atoms with Gasteiger partial charge < -0.3 is 19.7 Å². The highest BCUT2D eigenvalue weighted by molar-refractivity contribution is 5.74. The maximum Gasteiger partial charge on any atom is 0.334 e. The first kappa shape index (κ1) is 20.2. The number of hydrogen-bond acceptors (Lipinski definition) is 6. The van der Waals surface area contributed by atoms with Crippen LogP contribution in [0.2, 0.25) is 0 Å². The van der Waals surface area contributed by atoms with Crippen molar-refractivity contribution in [2.24, 2.45) is 0 Å². The van der Waals surface area contributed by atoms with Crippen molar-refractivity contribution in [2.75, 3.05) is 13.2 Å². The lowest BCUT2D eigenvalue weighted by molar-refractivity contribution is -0.153. The Balaban J connectivity index is 0. The SMILES string of the molecule is CCCCOC(=O)C(C)O.CCCOC(=O)C(C)O. The van der Waals surface area contributed by atoms with Crippen LogP contribution in [-0.2, 0) is 19.1 Å². The maximum atomic E-state index is 10.5. The normalized spacial score (nSPS) is 12.7. The van der Waals surface area contributed by atoms with Gasteiger partial charge in [-0.05, 0) is 26.7 Å². The van der Waals surface area contributed by atoms with Crippen molar-refractivity contribution in [2.45, 2.75) is 59.2 Å². The predicted octanol–water partition coefficient (Wildman–Crippen LogP) is 1.03. The van der Waals surface area contributed by atoms with Crippen molar-refractivity contribution in [3.63, 3.8) is 0 Å². The van der Waals surface area contributed by atoms with Crippen LogP contribution < -0.4 is 0 Å². The van der Waals surface area contributed by atoms with Gasteiger partial charge in [0, 0.05) is 0 Å². The minimum atomic E-state index is -0.989. The number of carbonyl (C=O) groups excluding carboxylic acids is 2. The molecule has 6 nitrogen and oxygen atoms in total. The Hall–Kier alpha value is -1.14. The van der Waals surface area contributed by atoms with Crippen LogP contribution in [0.1, 0.15) is 47.0 Å². The molecule has 0 amide bonds. The summed E-state index contributed by atoms with van der Waals surface area (Å²) in [6.45, 7) is 7.50. The third-order valence-corrected chi connectivity index (χ3v) is 1.87. The minimum Gasteiger partial charge on any atom is -0.464 e. The Labute approximate surface area is 114 Å². The second-order valence-electron chi connectivity index (χ2n) is 4.04. The van der Waals surface area contributed by atoms with Gasteiger partial charge in [-0.3, -0.25) is 0 Å². The summed E-state index contributed by atoms with van der Waals surface area (Å²) in [4.78, 5) is 21.0. The first-order valence-electron chi connectivity index (χ1n) is 6.56. The molecule has 2 atom stereocenters. The summed E-state index contributed by atoms with van der Waals surface area (Å²) in [6.07, 6.45) is 0.665. The molecule has 0 rings (SSSR count). The lowest BCUT2D eigenvalue weighted by atomic mass is 10.3. The summed E-state index contributed by atoms with van der Waals surface area (Å²) in [7, 11) is 0. The van der Waals surface area contributed by atoms with Crippen molar-refractivity contribution >= 4 is 11.9 Å². The Kier molecular flexibility index (Phi) is 14.1. The van der Waals surface area contributed by atoms with Gasteiger partial charge in [0.05, 0.1) is 13.2 Å². The monoisotopic (exact) mass is 278 g/mol. The van der Waals surface area contributed by atoms with Gasteiger partial charge in [0.1, 0.15) is 12.2 Å². The molecule has 114 valence electrons. The van der Waals surface area contributed by atoms with Crippen LogP contribution in [0.4, 0.5) is 0 Å². The Morgan fingerprint density at radius 2 is 1.32 bits per heavy atom. The smallest absolute Gasteiger partial charge is 0.334 e. The molecule has 2 N–H and O–H groups in total. The van der Waals surface area contributed by atoms with E-state index in [1.54, 1.807) is 0 Å². The summed E-state index contributed by atoms with van der Waals surface area (Å²) >= 11 is 0. The third kappa shape index (κ3) is 14.8. The van der Waals surface area contributed by atoms with E-state index in [1.165, 1.54) is 13.8 Å². The van der Waals surface area contributed by atoms with Gasteiger partial charge in [0.2, 0.25) is 0 Å². The van der Waals surface area contributed by atoms with Crippen LogP contribution in [0.5, 0.6) is 0 Å². The zero-order chi connectivity index (χ0) is 15.3. The molecule has 2 unspecified atom stereocenters. The largest absolute Gasteiger partial charge is 0.464 e. The van der Waals surface area contributed by atoms with Crippen LogP contribution in [0.25, 0.3) is 0 Å². The molecule has 0 aliphatic rings. The fourth-order valence-electron chi connectivity index (χ4n) is 0.761. The summed E-state index contributed by atoms with van der Waals surface area (Å²) in [5.74, 6) is -1.08. The Morgan fingerprint density at radius 1 is 0.895 bits per heavy atom. The second-order valence-corrected chi connectivity index (χ2v) is 4.04. The highest BCUT2D eigenvalue weighted by atomic mass is 16.5. The van der Waals surface area contributed by atoms with Gasteiger partial charge in [-0.2, -0.15) is 0 Å². The number of carbonyl (C=O) groups is 2. The maximum absolute atomic E-state index is 10.5. The zero-order valence-corrected chi connectivity index (χ0v) is 12.2. The molecule has 0 aliphatic carbocycles. The standard InChI is InChI=1S/C7H14O3.C6H12O3/c1-3-4-5-10-7(9)6(2)8;1-3-4-9-6(8)5(2)7/h6,8H,3-5H2,1-2H3;5,7H,3-4H2,1-2H3. The molecule has 0 saturated heterocycles. The van der Waals surface area contributed by atoms with Gasteiger partial charge in [0.25, 0.3) is 0 Å². The molecule has 0 radical (unpaired) electrons. The number of aliphatic hydroxyl groups excluding tert-OH is 2. The zero-order valence-electron chi connectivity index (χ0n) is 12.2. The van der Waals surface area contributed by atoms with E-state index in [4.69, 9.17) is 10.2 Å². The molecule has 0 heterocycles. The van der Waals surface area contributed by atoms with Gasteiger partial charge in [-0.15, -0.1) is 0 Å². The molecule has 6 heteroatoms. The first-order valence-corrected chi connectivity index (χ1v) is 6.56. The van der Waals surface area contributed by atoms with Crippen LogP contribution >= 0.6 is 0 Å². The van der Waals surface area contributed by atoms with E-state index < -0.39 is 24.1 Å². The van der Waals surface area contributed by atoms with Crippen molar-refractivity contribution in [1.82, 2.24) is 0 Å². The summed E-state index contributed by atoms with van der Waals surface area (Å²) in [5.41, 5.74) is 0. The van der Waals surface area contributed by atoms with Crippen molar-refractivity contribution in [1.29, 1.82) is 0 Å². The van der Waals surface area contributed by atoms with Crippen molar-refractivity contribution in [3.05, 3.63) is 0 Å². The number of esters is 2. The number of unbranched alkanes of at least 4 members (excludes halogenated alkanes) is 1. The topological polar surface area (TPSA) is 93.1 Å². The van der Waals surface area contributed by atoms with Gasteiger partial charge in [-0.1, -0.05) is 20.3 Å². The van der Waals surface area contributed by atoms with E-state index in [2.05, 4.69) is 9.47 Å². The molecule has 0 aromatic heterocycles. The molecule has 0 saturated carbocycles. The summed E-state index contributed by atoms with van der Waals surface area (Å²) in [6, 6.07) is 0. The van der Waals surface area contributed by atoms with Crippen LogP contribution in [0.15, 0.2) is 0 Å². The third-order valence-electron chi connectivity index (χ3n) is 1.87. The Bertz CT molecular complexity index is 237. The lowest BCUT2D eigenvalue weighted by Gasteiger charge is -2.04. The van der Waals surface area contributed by atoms with Gasteiger partial charge >= 0.3 is 11.9 Å². The molecule has 0 aliphatic heterocycles. The fourth-order valence-corrected chi connectivity index (χ4v) is 0.761. The van der Waals surface area contributed by atoms with E-state index in [1.807, 2.05) is 13.8 Å². The van der Waals surface area contributed by atoms with E-state index in [9.17, 15) is 9.59 Å². The number of aliphatic hydroxyl groups is 2. The second kappa shape index (κ2) is 13.3. The molecular weight excluding hydrogens is 252 g/mol. The molecule has 0 spiro atoms. The van der Waals surface area contributed by atoms with Crippen molar-refractivity contribution < 1.29 is 29.3 Å². The minimum absolute atomic E-state index is 0.393. The average Bonchev–Trinajstić information content (AvgIpc) is 2.36. The number of hydrogen-bond donors (Lipinski definition) is 2. The highest BCUT2D eigenvalue weighted by Crippen LogP contribution is 1.91. The molecule has 0 aromatic rings. The van der Waals surface area contributed by atoms with E-state index in [-0.39, 0.29) is 0 Å². The van der Waals surface area contributed by atoms with Gasteiger partial charge in [-0.25, -0.2) is 9.59 Å². The van der Waals surface area contributed by atoms with Crippen LogP contribution in [0.3, 0.4) is 0 Å². The number of rotatable bonds is 7. The molecular formula is C13H26O6. The average molecular weight is 278 g/mol. The molecule has 0 fully saturated rings. The highest BCUT2D eigenvalue weighted by Gasteiger charge is 2.08. The van der Waals surface area contributed by atoms with Crippen LogP contribution in [0, 0.1) is 0 Å². The van der Waals surface area contributed by atoms with Crippen molar-refractivity contribution in [3.8, 4) is 0 Å². The van der Waals surface area contributed by atoms with E-state index >= 15 is 0 Å². The fraction of sp³-hybridized carbons (Fsp3) is 0.846. The summed E-state index contributed by atoms with van der Waals surface area (Å²) in [5, 5.41) is 17.2. The van der Waals surface area contributed by atoms with E-state index in [0.29, 0.717) is 13.2 Å². The predicted molar refractivity (Wildman–Crippen MR) is 70.5 cm³/mol. The Morgan fingerprint density at radius 3 is 1.63 bits per heavy atom. The lowest BCUT2D eigenvalue weighted by Crippen LogP contribution is -2.19. The molecule has 19 heavy (non-hydrogen) atoms. The number of ether oxygens (including phenoxy) is 2. The van der Waals surface area contributed by atoms with Crippen LogP contribution in [-0.4, -0.2) is 47.6 Å². The summed E-state index contributed by atoms with van der Waals surface area (Å²) < 4.78 is 9.22. The quantitative estimate of drug-likeness (QED) is 0.533. The molecule has 0 bridgehead atoms. The van der Waals surface area contributed by atoms with Gasteiger partial charge in [0.15, 0.2) is 0 Å².